The zero-order chi connectivity index (χ0) is 99.7. The van der Waals surface area contributed by atoms with Crippen molar-refractivity contribution in [3.8, 4) is 69.2 Å². The number of hydrogen-bond acceptors (Lipinski definition) is 32. The zero-order valence-corrected chi connectivity index (χ0v) is 78.7. The predicted octanol–water partition coefficient (Wildman–Crippen LogP) is 13.3. The summed E-state index contributed by atoms with van der Waals surface area (Å²) in [6.07, 6.45) is 29.7. The number of amides is 6. The van der Waals surface area contributed by atoms with Crippen LogP contribution in [0.4, 0.5) is 41.2 Å². The smallest absolute Gasteiger partial charge is 0.262 e. The molecule has 13 N–H and O–H groups in total. The highest BCUT2D eigenvalue weighted by Crippen LogP contribution is 2.33. The van der Waals surface area contributed by atoms with Gasteiger partial charge in [-0.15, -0.1) is 25.5 Å². The van der Waals surface area contributed by atoms with E-state index in [1.807, 2.05) is 117 Å². The Balaban J connectivity index is 0.000000124. The monoisotopic (exact) mass is 1930 g/mol. The Hall–Kier alpha value is -18.8. The molecule has 1 unspecified atom stereocenters. The van der Waals surface area contributed by atoms with E-state index < -0.39 is 5.91 Å². The summed E-state index contributed by atoms with van der Waals surface area (Å²) in [5.74, 6) is 5.30. The number of ketones is 1. The highest BCUT2D eigenvalue weighted by molar-refractivity contribution is 6.09. The van der Waals surface area contributed by atoms with Crippen LogP contribution in [0.2, 0.25) is 0 Å². The SMILES string of the molecule is CC(C)CCC(=O)CC1CC(c2ccccn2)=NN1.Cc1cc(C)n(-c2ccc(C(=O)Nc3n[nH]c(-c4ccccn4)n3)cn2)n1.O=C(CCCCc1ncccn1)Nc1n[nH]c(-c2ccccn2)n1.O=C(Cc1ccc2c(c1)CCCC2)Nc1n[nH]c(-c2ccccn2)n1.O=C(Nc1n[nH]c(-c2ccccn2)n1)c1ccc(NC2CC2)nc1.O=C1COc2c(cccc2C(=O)Nc2n[nH]c(-c3ccccn3)n2)N1. The number of fused-ring (bicyclic) bond motifs is 2. The number of unbranched alkanes of at least 4 members (excludes halogenated alkanes) is 1. The lowest BCUT2D eigenvalue weighted by atomic mass is 9.90. The van der Waals surface area contributed by atoms with Gasteiger partial charge in [0.1, 0.15) is 45.9 Å². The number of nitrogens with one attached hydrogen (secondary N) is 13. The third kappa shape index (κ3) is 28.7. The first-order valence-electron chi connectivity index (χ1n) is 46.4. The van der Waals surface area contributed by atoms with Crippen molar-refractivity contribution >= 4 is 88.2 Å². The molecule has 1 fully saturated rings. The number of carbonyl (C=O) groups excluding carboxylic acids is 7. The van der Waals surface area contributed by atoms with Crippen LogP contribution in [0.5, 0.6) is 5.75 Å². The summed E-state index contributed by atoms with van der Waals surface area (Å²) < 4.78 is 7.10. The van der Waals surface area contributed by atoms with E-state index in [9.17, 15) is 33.6 Å². The van der Waals surface area contributed by atoms with Gasteiger partial charge in [0, 0.05) is 106 Å². The van der Waals surface area contributed by atoms with Crippen LogP contribution in [0.25, 0.3) is 63.4 Å². The topological polar surface area (TPSA) is 592 Å². The lowest BCUT2D eigenvalue weighted by Crippen LogP contribution is -2.27. The normalized spacial score (nSPS) is 12.9. The number of pyridine rings is 8. The van der Waals surface area contributed by atoms with E-state index >= 15 is 0 Å². The van der Waals surface area contributed by atoms with Crippen LogP contribution in [0.1, 0.15) is 155 Å². The number of para-hydroxylation sites is 1. The number of carbonyl (C=O) groups is 7. The first-order chi connectivity index (χ1) is 70.3. The molecule has 144 heavy (non-hydrogen) atoms. The Bertz CT molecular complexity index is 7170. The standard InChI is InChI=1S/C19H19N5O.C18H16N8O.C16H15N7O.C16H17N7O.C16H12N6O3.C15H21N3O/c25-17(12-13-8-9-14-5-1-2-6-15(14)11-13)21-19-22-18(23-24-19)16-7-3-4-10-20-16;1-11-9-12(2)26(25-11)15-7-6-13(10-20-15)17(27)22-18-21-16(23-24-18)14-5-3-4-8-19-14;24-15(10-4-7-13(18-9-10)19-11-5-6-11)21-16-20-14(22-23-16)12-3-1-2-8-17-12;24-14(8-2-1-7-13-18-10-5-11-19-13)20-16-21-15(22-23-16)12-6-3-4-9-17-12;23-12-8-25-13-9(4-3-6-10(13)18-12)15(24)20-16-19-14(21-22-16)11-5-1-2-7-17-11;1-11(2)6-7-13(19)9-12-10-15(18-17-12)14-5-3-4-8-16-14/h3-4,7-11H,1-2,5-6,12H2,(H2,21,22,23,24,25);3-10H,1-2H3,(H2,21,22,23,24,27);1-4,7-9,11H,5-6H2,(H,18,19)(H2,20,21,22,23,24);3-6,9-11H,1-2,7-8H2,(H2,20,21,22,23,24);1-7H,8H2,(H,18,23)(H2,19,20,21,22,24);3-5,8,11-12,17H,6-7,9-10H2,1-2H3. The number of H-pyrrole nitrogens is 5. The van der Waals surface area contributed by atoms with Crippen LogP contribution < -0.4 is 47.4 Å². The molecule has 2 aromatic carbocycles. The number of hydrazone groups is 1. The van der Waals surface area contributed by atoms with Gasteiger partial charge in [-0.2, -0.15) is 35.1 Å². The molecule has 4 aliphatic rings. The van der Waals surface area contributed by atoms with Crippen LogP contribution in [0.15, 0.2) is 249 Å². The summed E-state index contributed by atoms with van der Waals surface area (Å²) in [6.45, 7) is 8.01. The first kappa shape index (κ1) is 98.2. The Labute approximate surface area is 823 Å². The van der Waals surface area contributed by atoms with Crippen molar-refractivity contribution in [2.24, 2.45) is 11.0 Å². The molecule has 0 radical (unpaired) electrons. The maximum atomic E-state index is 12.5. The number of aromatic amines is 5. The molecular weight excluding hydrogens is 1830 g/mol. The van der Waals surface area contributed by atoms with Gasteiger partial charge in [-0.1, -0.05) is 74.5 Å². The molecule has 44 heteroatoms. The lowest BCUT2D eigenvalue weighted by Gasteiger charge is -2.19. The van der Waals surface area contributed by atoms with E-state index in [-0.39, 0.29) is 77.5 Å². The summed E-state index contributed by atoms with van der Waals surface area (Å²) in [6, 6.07) is 55.8. The second-order valence-corrected chi connectivity index (χ2v) is 33.5. The van der Waals surface area contributed by atoms with E-state index in [1.54, 1.807) is 121 Å². The summed E-state index contributed by atoms with van der Waals surface area (Å²) >= 11 is 0. The lowest BCUT2D eigenvalue weighted by molar-refractivity contribution is -0.120. The zero-order valence-electron chi connectivity index (χ0n) is 78.7. The van der Waals surface area contributed by atoms with Gasteiger partial charge in [0.15, 0.2) is 47.3 Å². The maximum Gasteiger partial charge on any atom is 0.262 e. The summed E-state index contributed by atoms with van der Waals surface area (Å²) in [5, 5.41) is 61.6. The van der Waals surface area contributed by atoms with Gasteiger partial charge in [-0.05, 0) is 216 Å². The highest BCUT2D eigenvalue weighted by Gasteiger charge is 2.27. The molecule has 0 bridgehead atoms. The molecular formula is C100H100N36O8. The van der Waals surface area contributed by atoms with E-state index in [2.05, 4.69) is 205 Å². The van der Waals surface area contributed by atoms with Gasteiger partial charge in [0.2, 0.25) is 41.6 Å². The van der Waals surface area contributed by atoms with Crippen LogP contribution in [0, 0.1) is 19.8 Å². The minimum absolute atomic E-state index is 0.114. The van der Waals surface area contributed by atoms with Gasteiger partial charge < -0.3 is 20.8 Å². The summed E-state index contributed by atoms with van der Waals surface area (Å²) in [4.78, 5) is 148. The molecule has 728 valence electrons. The number of anilines is 7. The maximum absolute atomic E-state index is 12.5. The third-order valence-corrected chi connectivity index (χ3v) is 21.9. The average molecular weight is 1930 g/mol. The number of Topliss-reactive ketones (excluding diaryl/α,β-unsaturated/α-hetero) is 1. The molecule has 44 nitrogen and oxygen atoms in total. The molecule has 6 amide bonds. The molecule has 1 saturated carbocycles. The minimum atomic E-state index is -0.445. The van der Waals surface area contributed by atoms with Gasteiger partial charge in [0.05, 0.1) is 51.9 Å². The van der Waals surface area contributed by atoms with Crippen LogP contribution >= 0.6 is 0 Å². The van der Waals surface area contributed by atoms with Crippen LogP contribution in [0.3, 0.4) is 0 Å². The van der Waals surface area contributed by atoms with Gasteiger partial charge in [-0.3, -0.25) is 116 Å². The fraction of sp³-hybridized carbons (Fsp3) is 0.230. The van der Waals surface area contributed by atoms with E-state index in [1.165, 1.54) is 49.2 Å². The number of ether oxygens (including phenoxy) is 1. The molecule has 21 rings (SSSR count). The number of aromatic nitrogens is 27. The van der Waals surface area contributed by atoms with Gasteiger partial charge in [-0.25, -0.2) is 24.6 Å². The molecule has 0 spiro atoms. The Kier molecular flexibility index (Phi) is 33.4. The average Bonchev–Trinajstić information content (AvgIpc) is 0.983. The predicted molar refractivity (Wildman–Crippen MR) is 534 cm³/mol. The number of rotatable bonds is 29. The van der Waals surface area contributed by atoms with Gasteiger partial charge in [0.25, 0.3) is 23.6 Å². The molecule has 0 saturated heterocycles. The molecule has 1 atom stereocenters. The van der Waals surface area contributed by atoms with Crippen molar-refractivity contribution in [2.45, 2.75) is 136 Å². The highest BCUT2D eigenvalue weighted by atomic mass is 16.5. The minimum Gasteiger partial charge on any atom is -0.481 e. The van der Waals surface area contributed by atoms with Crippen LogP contribution in [-0.4, -0.2) is 201 Å². The van der Waals surface area contributed by atoms with E-state index in [4.69, 9.17) is 4.74 Å². The van der Waals surface area contributed by atoms with Crippen molar-refractivity contribution in [1.29, 1.82) is 0 Å². The summed E-state index contributed by atoms with van der Waals surface area (Å²) in [5.41, 5.74) is 15.4. The first-order valence-corrected chi connectivity index (χ1v) is 46.4. The van der Waals surface area contributed by atoms with E-state index in [0.29, 0.717) is 129 Å². The van der Waals surface area contributed by atoms with E-state index in [0.717, 1.165) is 84.9 Å². The Morgan fingerprint density at radius 1 is 0.472 bits per heavy atom. The number of nitrogens with zero attached hydrogens (tertiary/aromatic N) is 23. The molecule has 2 aliphatic heterocycles. The molecule has 15 aromatic heterocycles. The quantitative estimate of drug-likeness (QED) is 0.0194. The van der Waals surface area contributed by atoms with Crippen molar-refractivity contribution < 1.29 is 38.3 Å². The number of hydrogen-bond donors (Lipinski definition) is 13. The second kappa shape index (κ2) is 49.0. The Morgan fingerprint density at radius 2 is 0.965 bits per heavy atom. The van der Waals surface area contributed by atoms with Gasteiger partial charge >= 0.3 is 0 Å². The number of aryl methyl sites for hydroxylation is 5. The summed E-state index contributed by atoms with van der Waals surface area (Å²) in [7, 11) is 0. The van der Waals surface area contributed by atoms with Crippen molar-refractivity contribution in [1.82, 2.24) is 141 Å². The van der Waals surface area contributed by atoms with Crippen molar-refractivity contribution in [2.75, 3.05) is 43.8 Å². The molecule has 2 aliphatic carbocycles. The molecule has 17 heterocycles. The van der Waals surface area contributed by atoms with Crippen LogP contribution in [-0.2, 0) is 44.9 Å². The van der Waals surface area contributed by atoms with Crippen molar-refractivity contribution in [3.05, 3.63) is 300 Å². The third-order valence-electron chi connectivity index (χ3n) is 21.9. The largest absolute Gasteiger partial charge is 0.481 e. The Morgan fingerprint density at radius 3 is 1.44 bits per heavy atom. The fourth-order valence-corrected chi connectivity index (χ4v) is 14.6. The molecule has 17 aromatic rings. The fourth-order valence-electron chi connectivity index (χ4n) is 14.6. The van der Waals surface area contributed by atoms with Crippen molar-refractivity contribution in [3.63, 3.8) is 0 Å². The number of benzene rings is 2. The second-order valence-electron chi connectivity index (χ2n) is 33.5.